The fraction of sp³-hybridized carbons (Fsp3) is 0.400. The number of hydrogen-bond acceptors (Lipinski definition) is 4. The van der Waals surface area contributed by atoms with Crippen LogP contribution in [0, 0.1) is 13.8 Å². The minimum absolute atomic E-state index is 0.323. The van der Waals surface area contributed by atoms with Gasteiger partial charge in [0.05, 0.1) is 27.5 Å². The molecule has 1 N–H and O–H groups in total. The van der Waals surface area contributed by atoms with Crippen molar-refractivity contribution < 1.29 is 4.74 Å². The maximum Gasteiger partial charge on any atom is 0.182 e. The number of ether oxygens (including phenoxy) is 1. The second-order valence-corrected chi connectivity index (χ2v) is 8.78. The number of thioether (sulfide) groups is 1. The van der Waals surface area contributed by atoms with Crippen molar-refractivity contribution in [3.63, 3.8) is 0 Å². The molecule has 1 fully saturated rings. The number of halogens is 2. The molecule has 2 aliphatic rings. The van der Waals surface area contributed by atoms with Gasteiger partial charge >= 0.3 is 0 Å². The van der Waals surface area contributed by atoms with Gasteiger partial charge in [0.2, 0.25) is 0 Å². The largest absolute Gasteiger partial charge is 0.376 e. The topological polar surface area (TPSA) is 50.9 Å². The maximum absolute atomic E-state index is 6.06. The summed E-state index contributed by atoms with van der Waals surface area (Å²) in [5.41, 5.74) is 8.51. The van der Waals surface area contributed by atoms with E-state index in [0.717, 1.165) is 48.3 Å². The van der Waals surface area contributed by atoms with Crippen LogP contribution in [0.3, 0.4) is 0 Å². The van der Waals surface area contributed by atoms with Crippen molar-refractivity contribution in [3.8, 4) is 0 Å². The zero-order valence-corrected chi connectivity index (χ0v) is 18.2. The first-order chi connectivity index (χ1) is 13.5. The van der Waals surface area contributed by atoms with Crippen LogP contribution in [0.15, 0.2) is 34.4 Å². The Labute approximate surface area is 179 Å². The van der Waals surface area contributed by atoms with Crippen molar-refractivity contribution in [1.29, 1.82) is 0 Å². The van der Waals surface area contributed by atoms with Crippen LogP contribution >= 0.6 is 35.0 Å². The molecule has 3 heterocycles. The van der Waals surface area contributed by atoms with Gasteiger partial charge in [-0.3, -0.25) is 5.43 Å². The summed E-state index contributed by atoms with van der Waals surface area (Å²) in [5.74, 6) is 0.761. The minimum Gasteiger partial charge on any atom is -0.376 e. The van der Waals surface area contributed by atoms with Crippen LogP contribution in [0.25, 0.3) is 0 Å². The first-order valence-electron chi connectivity index (χ1n) is 9.29. The number of hydrazone groups is 1. The third-order valence-corrected chi connectivity index (χ3v) is 6.67. The lowest BCUT2D eigenvalue weighted by Crippen LogP contribution is -2.25. The molecule has 148 valence electrons. The van der Waals surface area contributed by atoms with Crippen LogP contribution in [0.1, 0.15) is 29.8 Å². The number of nitrogens with one attached hydrogen (secondary N) is 1. The third-order valence-electron chi connectivity index (χ3n) is 5.06. The number of aryl methyl sites for hydroxylation is 1. The van der Waals surface area contributed by atoms with Crippen molar-refractivity contribution in [1.82, 2.24) is 9.99 Å². The summed E-state index contributed by atoms with van der Waals surface area (Å²) in [4.78, 5) is 4.56. The van der Waals surface area contributed by atoms with Crippen LogP contribution in [-0.2, 0) is 11.3 Å². The lowest BCUT2D eigenvalue weighted by molar-refractivity contribution is 0.0962. The Hall–Kier alpha value is -1.47. The lowest BCUT2D eigenvalue weighted by atomic mass is 10.1. The molecular formula is C20H22Cl2N4OS. The zero-order chi connectivity index (χ0) is 19.7. The molecule has 5 nitrogen and oxygen atoms in total. The number of rotatable bonds is 4. The quantitative estimate of drug-likeness (QED) is 0.705. The molecule has 0 aliphatic carbocycles. The Bertz CT molecular complexity index is 948. The van der Waals surface area contributed by atoms with E-state index in [9.17, 15) is 0 Å². The molecule has 1 atom stereocenters. The SMILES string of the molecule is Cc1cc(C2=NNC(=Nc3ccc(Cl)c(Cl)c3)SC2)c(C)n1C[C@@H]1CCCO1. The van der Waals surface area contributed by atoms with Crippen LogP contribution in [-0.4, -0.2) is 33.9 Å². The van der Waals surface area contributed by atoms with E-state index < -0.39 is 0 Å². The first kappa shape index (κ1) is 19.8. The fourth-order valence-electron chi connectivity index (χ4n) is 3.55. The third kappa shape index (κ3) is 4.25. The molecule has 1 saturated heterocycles. The lowest BCUT2D eigenvalue weighted by Gasteiger charge is -2.17. The summed E-state index contributed by atoms with van der Waals surface area (Å²) in [6, 6.07) is 7.54. The molecule has 0 radical (unpaired) electrons. The van der Waals surface area contributed by atoms with Crippen LogP contribution < -0.4 is 5.43 Å². The maximum atomic E-state index is 6.06. The normalized spacial score (nSPS) is 21.1. The van der Waals surface area contributed by atoms with Gasteiger partial charge in [-0.25, -0.2) is 4.99 Å². The molecule has 2 aliphatic heterocycles. The minimum atomic E-state index is 0.323. The van der Waals surface area contributed by atoms with Crippen molar-refractivity contribution in [2.75, 3.05) is 12.4 Å². The number of aliphatic imine (C=N–C) groups is 1. The monoisotopic (exact) mass is 436 g/mol. The van der Waals surface area contributed by atoms with E-state index in [1.165, 1.54) is 17.0 Å². The molecule has 0 spiro atoms. The number of aromatic nitrogens is 1. The molecule has 28 heavy (non-hydrogen) atoms. The van der Waals surface area contributed by atoms with Gasteiger partial charge in [0, 0.05) is 35.9 Å². The molecule has 0 bridgehead atoms. The molecule has 0 saturated carbocycles. The van der Waals surface area contributed by atoms with Gasteiger partial charge in [-0.2, -0.15) is 5.10 Å². The first-order valence-corrected chi connectivity index (χ1v) is 11.0. The second-order valence-electron chi connectivity index (χ2n) is 7.00. The highest BCUT2D eigenvalue weighted by molar-refractivity contribution is 8.14. The Balaban J connectivity index is 1.50. The van der Waals surface area contributed by atoms with Crippen molar-refractivity contribution in [2.24, 2.45) is 10.1 Å². The van der Waals surface area contributed by atoms with E-state index in [4.69, 9.17) is 27.9 Å². The summed E-state index contributed by atoms with van der Waals surface area (Å²) in [6.07, 6.45) is 2.62. The Morgan fingerprint density at radius 1 is 1.29 bits per heavy atom. The average molecular weight is 437 g/mol. The van der Waals surface area contributed by atoms with Gasteiger partial charge in [-0.15, -0.1) is 0 Å². The Morgan fingerprint density at radius 3 is 2.82 bits per heavy atom. The van der Waals surface area contributed by atoms with Gasteiger partial charge in [0.1, 0.15) is 0 Å². The molecule has 8 heteroatoms. The van der Waals surface area contributed by atoms with E-state index in [1.54, 1.807) is 23.9 Å². The van der Waals surface area contributed by atoms with Gasteiger partial charge < -0.3 is 9.30 Å². The van der Waals surface area contributed by atoms with Crippen LogP contribution in [0.2, 0.25) is 10.0 Å². The fourth-order valence-corrected chi connectivity index (χ4v) is 4.62. The van der Waals surface area contributed by atoms with Gasteiger partial charge in [0.15, 0.2) is 5.17 Å². The standard InChI is InChI=1S/C20H22Cl2N4OS/c1-12-8-16(13(2)26(12)10-15-4-3-7-27-15)19-11-28-20(25-24-19)23-14-5-6-17(21)18(22)9-14/h5-6,8-9,15H,3-4,7,10-11H2,1-2H3,(H,23,25)/t15-/m0/s1. The molecule has 1 aromatic carbocycles. The van der Waals surface area contributed by atoms with Crippen molar-refractivity contribution in [2.45, 2.75) is 39.3 Å². The Morgan fingerprint density at radius 2 is 2.14 bits per heavy atom. The number of amidine groups is 1. The summed E-state index contributed by atoms with van der Waals surface area (Å²) in [5, 5.41) is 6.34. The highest BCUT2D eigenvalue weighted by atomic mass is 35.5. The van der Waals surface area contributed by atoms with Crippen molar-refractivity contribution >= 4 is 51.5 Å². The smallest absolute Gasteiger partial charge is 0.182 e. The summed E-state index contributed by atoms with van der Waals surface area (Å²) in [7, 11) is 0. The number of nitrogens with zero attached hydrogens (tertiary/aromatic N) is 3. The Kier molecular flexibility index (Phi) is 6.01. The molecule has 2 aromatic rings. The molecule has 0 amide bonds. The second kappa shape index (κ2) is 8.49. The molecular weight excluding hydrogens is 415 g/mol. The average Bonchev–Trinajstić information content (AvgIpc) is 3.29. The highest BCUT2D eigenvalue weighted by Gasteiger charge is 2.22. The molecule has 1 aromatic heterocycles. The van der Waals surface area contributed by atoms with E-state index in [-0.39, 0.29) is 0 Å². The summed E-state index contributed by atoms with van der Waals surface area (Å²) < 4.78 is 8.15. The number of hydrogen-bond donors (Lipinski definition) is 1. The van der Waals surface area contributed by atoms with Gasteiger partial charge in [-0.1, -0.05) is 35.0 Å². The number of benzene rings is 1. The van der Waals surface area contributed by atoms with E-state index >= 15 is 0 Å². The van der Waals surface area contributed by atoms with Gasteiger partial charge in [0.25, 0.3) is 0 Å². The van der Waals surface area contributed by atoms with E-state index in [2.05, 4.69) is 40.0 Å². The predicted molar refractivity (Wildman–Crippen MR) is 119 cm³/mol. The van der Waals surface area contributed by atoms with Crippen molar-refractivity contribution in [3.05, 3.63) is 51.3 Å². The highest BCUT2D eigenvalue weighted by Crippen LogP contribution is 2.28. The zero-order valence-electron chi connectivity index (χ0n) is 15.8. The predicted octanol–water partition coefficient (Wildman–Crippen LogP) is 5.32. The summed E-state index contributed by atoms with van der Waals surface area (Å²) in [6.45, 7) is 6.09. The van der Waals surface area contributed by atoms with Crippen LogP contribution in [0.4, 0.5) is 5.69 Å². The van der Waals surface area contributed by atoms with E-state index in [0.29, 0.717) is 16.1 Å². The van der Waals surface area contributed by atoms with Gasteiger partial charge in [-0.05, 0) is 51.0 Å². The molecule has 4 rings (SSSR count). The van der Waals surface area contributed by atoms with E-state index in [1.807, 2.05) is 6.07 Å². The summed E-state index contributed by atoms with van der Waals surface area (Å²) >= 11 is 13.6. The van der Waals surface area contributed by atoms with Crippen LogP contribution in [0.5, 0.6) is 0 Å². The molecule has 0 unspecified atom stereocenters.